The summed E-state index contributed by atoms with van der Waals surface area (Å²) in [5.74, 6) is -2.38. The van der Waals surface area contributed by atoms with Gasteiger partial charge in [-0.1, -0.05) is 0 Å². The number of hydrogen-bond acceptors (Lipinski definition) is 6. The van der Waals surface area contributed by atoms with Crippen molar-refractivity contribution in [1.82, 2.24) is 4.98 Å². The molecule has 1 aromatic carbocycles. The second-order valence-corrected chi connectivity index (χ2v) is 7.28. The minimum Gasteiger partial charge on any atom is -0.431 e. The quantitative estimate of drug-likeness (QED) is 0.610. The van der Waals surface area contributed by atoms with Crippen molar-refractivity contribution in [2.75, 3.05) is 5.32 Å². The van der Waals surface area contributed by atoms with Crippen LogP contribution in [-0.2, 0) is 16.5 Å². The number of amides is 1. The molecule has 7 nitrogen and oxygen atoms in total. The van der Waals surface area contributed by atoms with Gasteiger partial charge in [-0.15, -0.1) is 0 Å². The number of nitrogens with one attached hydrogen (secondary N) is 1. The number of nitrogens with two attached hydrogens (primary N) is 1. The second kappa shape index (κ2) is 9.05. The number of allylic oxidation sites excluding steroid dienone is 1. The third-order valence-corrected chi connectivity index (χ3v) is 4.68. The van der Waals surface area contributed by atoms with Crippen molar-refractivity contribution in [3.63, 3.8) is 0 Å². The number of carbonyl (C=O) groups excluding carboxylic acids is 1. The molecular formula is C21H15F6N5O2. The first kappa shape index (κ1) is 24.6. The Morgan fingerprint density at radius 1 is 1.32 bits per heavy atom. The second-order valence-electron chi connectivity index (χ2n) is 7.28. The van der Waals surface area contributed by atoms with Gasteiger partial charge in [0.25, 0.3) is 11.9 Å². The molecule has 0 fully saturated rings. The molecule has 3 N–H and O–H groups in total. The average molecular weight is 483 g/mol. The number of alkyl halides is 5. The van der Waals surface area contributed by atoms with Crippen molar-refractivity contribution in [3.8, 4) is 6.07 Å². The van der Waals surface area contributed by atoms with E-state index in [2.05, 4.69) is 15.3 Å². The number of carbonyl (C=O) groups is 1. The zero-order valence-electron chi connectivity index (χ0n) is 17.3. The van der Waals surface area contributed by atoms with Gasteiger partial charge in [0.05, 0.1) is 17.5 Å². The van der Waals surface area contributed by atoms with Gasteiger partial charge in [-0.05, 0) is 37.3 Å². The summed E-state index contributed by atoms with van der Waals surface area (Å²) in [6, 6.07) is 4.55. The highest BCUT2D eigenvalue weighted by atomic mass is 19.4. The molecule has 1 aromatic heterocycles. The Kier molecular flexibility index (Phi) is 6.53. The van der Waals surface area contributed by atoms with Crippen LogP contribution in [0.2, 0.25) is 0 Å². The number of pyridine rings is 1. The number of ether oxygens (including phenoxy) is 1. The highest BCUT2D eigenvalue weighted by Gasteiger charge is 2.37. The minimum absolute atomic E-state index is 0.133. The van der Waals surface area contributed by atoms with Crippen LogP contribution in [0.5, 0.6) is 0 Å². The maximum absolute atomic E-state index is 14.6. The number of anilines is 1. The predicted octanol–water partition coefficient (Wildman–Crippen LogP) is 4.46. The van der Waals surface area contributed by atoms with E-state index in [1.54, 1.807) is 0 Å². The number of hydrogen-bond donors (Lipinski definition) is 2. The van der Waals surface area contributed by atoms with Crippen molar-refractivity contribution in [3.05, 3.63) is 70.5 Å². The molecule has 3 rings (SSSR count). The summed E-state index contributed by atoms with van der Waals surface area (Å²) in [6.45, 7) is 1.35. The number of amidine groups is 1. The van der Waals surface area contributed by atoms with Crippen LogP contribution in [-0.4, -0.2) is 23.3 Å². The fourth-order valence-corrected chi connectivity index (χ4v) is 3.26. The molecule has 0 aliphatic carbocycles. The number of halogens is 6. The zero-order valence-corrected chi connectivity index (χ0v) is 17.3. The standard InChI is InChI=1S/C21H15F6N5O2/c1-20(7-12(6-16(23)24)34-19(29)32-20)13-5-11(2-3-15(13)22)31-18(33)17-14(21(25,26)27)4-10(8-28)9-30-17/h2-5,7,9,16H,6H2,1H3,(H2,29,32)(H,31,33)/t20-/m0/s1. The lowest BCUT2D eigenvalue weighted by Gasteiger charge is -2.28. The first-order chi connectivity index (χ1) is 15.8. The normalized spacial score (nSPS) is 18.0. The van der Waals surface area contributed by atoms with Gasteiger partial charge in [-0.3, -0.25) is 4.79 Å². The van der Waals surface area contributed by atoms with Gasteiger partial charge in [-0.2, -0.15) is 18.4 Å². The van der Waals surface area contributed by atoms with Gasteiger partial charge in [0.1, 0.15) is 28.9 Å². The molecule has 0 radical (unpaired) electrons. The number of aromatic nitrogens is 1. The van der Waals surface area contributed by atoms with Gasteiger partial charge < -0.3 is 15.8 Å². The first-order valence-corrected chi connectivity index (χ1v) is 9.44. The minimum atomic E-state index is -4.98. The van der Waals surface area contributed by atoms with Crippen molar-refractivity contribution < 1.29 is 35.9 Å². The number of aliphatic imine (C=N–C) groups is 1. The van der Waals surface area contributed by atoms with Crippen LogP contribution in [0.1, 0.15) is 40.5 Å². The fraction of sp³-hybridized carbons (Fsp3) is 0.238. The Hall–Kier alpha value is -4.08. The van der Waals surface area contributed by atoms with Gasteiger partial charge in [0.2, 0.25) is 6.43 Å². The zero-order chi connectivity index (χ0) is 25.3. The first-order valence-electron chi connectivity index (χ1n) is 9.44. The molecule has 0 unspecified atom stereocenters. The SMILES string of the molecule is C[C@@]1(c2cc(NC(=O)c3ncc(C#N)cc3C(F)(F)F)ccc2F)C=C(CC(F)F)OC(N)=N1. The molecule has 0 saturated heterocycles. The number of nitrogens with zero attached hydrogens (tertiary/aromatic N) is 3. The third-order valence-electron chi connectivity index (χ3n) is 4.68. The average Bonchev–Trinajstić information content (AvgIpc) is 2.72. The Bertz CT molecular complexity index is 1240. The van der Waals surface area contributed by atoms with E-state index in [9.17, 15) is 31.1 Å². The van der Waals surface area contributed by atoms with E-state index >= 15 is 0 Å². The molecule has 178 valence electrons. The molecule has 1 aliphatic rings. The number of rotatable bonds is 5. The van der Waals surface area contributed by atoms with E-state index in [0.717, 1.165) is 30.5 Å². The van der Waals surface area contributed by atoms with Crippen molar-refractivity contribution >= 4 is 17.6 Å². The van der Waals surface area contributed by atoms with Gasteiger partial charge in [-0.25, -0.2) is 23.1 Å². The van der Waals surface area contributed by atoms with E-state index in [1.807, 2.05) is 0 Å². The summed E-state index contributed by atoms with van der Waals surface area (Å²) in [7, 11) is 0. The summed E-state index contributed by atoms with van der Waals surface area (Å²) in [4.78, 5) is 19.9. The molecule has 0 spiro atoms. The summed E-state index contributed by atoms with van der Waals surface area (Å²) in [5.41, 5.74) is 0.758. The summed E-state index contributed by atoms with van der Waals surface area (Å²) in [6.07, 6.45) is -6.64. The Balaban J connectivity index is 1.98. The van der Waals surface area contributed by atoms with E-state index in [-0.39, 0.29) is 17.0 Å². The van der Waals surface area contributed by atoms with Gasteiger partial charge >= 0.3 is 6.18 Å². The lowest BCUT2D eigenvalue weighted by Crippen LogP contribution is -2.31. The van der Waals surface area contributed by atoms with E-state index in [0.29, 0.717) is 6.07 Å². The Labute approximate surface area is 188 Å². The van der Waals surface area contributed by atoms with Crippen LogP contribution in [0.3, 0.4) is 0 Å². The maximum Gasteiger partial charge on any atom is 0.418 e. The smallest absolute Gasteiger partial charge is 0.418 e. The van der Waals surface area contributed by atoms with Crippen molar-refractivity contribution in [2.24, 2.45) is 10.7 Å². The number of benzene rings is 1. The third kappa shape index (κ3) is 5.28. The fourth-order valence-electron chi connectivity index (χ4n) is 3.26. The van der Waals surface area contributed by atoms with Crippen molar-refractivity contribution in [2.45, 2.75) is 31.5 Å². The van der Waals surface area contributed by atoms with Gasteiger partial charge in [0.15, 0.2) is 0 Å². The molecule has 34 heavy (non-hydrogen) atoms. The van der Waals surface area contributed by atoms with Crippen molar-refractivity contribution in [1.29, 1.82) is 5.26 Å². The van der Waals surface area contributed by atoms with E-state index in [1.165, 1.54) is 13.0 Å². The molecule has 13 heteroatoms. The van der Waals surface area contributed by atoms with Crippen LogP contribution in [0, 0.1) is 17.1 Å². The topological polar surface area (TPSA) is 113 Å². The molecule has 0 bridgehead atoms. The van der Waals surface area contributed by atoms with Crippen LogP contribution in [0.25, 0.3) is 0 Å². The van der Waals surface area contributed by atoms with E-state index < -0.39 is 59.1 Å². The van der Waals surface area contributed by atoms with Crippen LogP contribution >= 0.6 is 0 Å². The molecule has 1 atom stereocenters. The van der Waals surface area contributed by atoms with Crippen LogP contribution in [0.15, 0.2) is 47.3 Å². The van der Waals surface area contributed by atoms with Gasteiger partial charge in [0, 0.05) is 17.4 Å². The molecule has 2 heterocycles. The number of nitriles is 1. The van der Waals surface area contributed by atoms with Crippen LogP contribution in [0.4, 0.5) is 32.0 Å². The predicted molar refractivity (Wildman–Crippen MR) is 107 cm³/mol. The lowest BCUT2D eigenvalue weighted by molar-refractivity contribution is -0.138. The highest BCUT2D eigenvalue weighted by Crippen LogP contribution is 2.36. The molecule has 2 aromatic rings. The van der Waals surface area contributed by atoms with E-state index in [4.69, 9.17) is 15.7 Å². The molecule has 0 saturated carbocycles. The summed E-state index contributed by atoms with van der Waals surface area (Å²) in [5, 5.41) is 11.0. The monoisotopic (exact) mass is 483 g/mol. The largest absolute Gasteiger partial charge is 0.431 e. The maximum atomic E-state index is 14.6. The Morgan fingerprint density at radius 3 is 2.65 bits per heavy atom. The summed E-state index contributed by atoms with van der Waals surface area (Å²) >= 11 is 0. The molecule has 1 amide bonds. The highest BCUT2D eigenvalue weighted by molar-refractivity contribution is 6.04. The molecular weight excluding hydrogens is 468 g/mol. The van der Waals surface area contributed by atoms with Crippen LogP contribution < -0.4 is 11.1 Å². The molecule has 1 aliphatic heterocycles. The lowest BCUT2D eigenvalue weighted by atomic mass is 9.90. The Morgan fingerprint density at radius 2 is 2.03 bits per heavy atom. The summed E-state index contributed by atoms with van der Waals surface area (Å²) < 4.78 is 85.3.